The van der Waals surface area contributed by atoms with E-state index in [1.54, 1.807) is 6.20 Å². The second-order valence-electron chi connectivity index (χ2n) is 4.88. The predicted octanol–water partition coefficient (Wildman–Crippen LogP) is 2.31. The van der Waals surface area contributed by atoms with E-state index in [4.69, 9.17) is 0 Å². The maximum absolute atomic E-state index is 11.9. The van der Waals surface area contributed by atoms with Crippen molar-refractivity contribution >= 4 is 29.0 Å². The molecule has 0 atom stereocenters. The molecule has 2 N–H and O–H groups in total. The largest absolute Gasteiger partial charge is 0.354 e. The number of para-hydroxylation sites is 2. The maximum atomic E-state index is 11.9. The molecule has 0 spiro atoms. The van der Waals surface area contributed by atoms with Crippen molar-refractivity contribution in [1.82, 2.24) is 9.97 Å². The molecule has 0 aliphatic carbocycles. The van der Waals surface area contributed by atoms with Crippen LogP contribution in [-0.2, 0) is 4.79 Å². The molecule has 2 aromatic rings. The van der Waals surface area contributed by atoms with Crippen LogP contribution in [0.1, 0.15) is 12.5 Å². The Morgan fingerprint density at radius 1 is 1.38 bits per heavy atom. The Hall–Kier alpha value is -2.63. The number of hydrogen-bond acceptors (Lipinski definition) is 5. The Balaban J connectivity index is 2.08. The summed E-state index contributed by atoms with van der Waals surface area (Å²) in [4.78, 5) is 22.6. The van der Waals surface area contributed by atoms with Gasteiger partial charge < -0.3 is 15.5 Å². The highest BCUT2D eigenvalue weighted by molar-refractivity contribution is 6.03. The standard InChI is InChI=1S/C15H17N5O/c1-3-16-15-17-8-10(2)14(19-15)20-9-13(21)18-11-6-4-5-7-12(11)20/h4-8H,3,9H2,1-2H3,(H,18,21)(H,16,17,19). The smallest absolute Gasteiger partial charge is 0.244 e. The minimum atomic E-state index is -0.0447. The van der Waals surface area contributed by atoms with Crippen molar-refractivity contribution in [2.75, 3.05) is 28.6 Å². The van der Waals surface area contributed by atoms with Crippen LogP contribution in [0.3, 0.4) is 0 Å². The molecule has 108 valence electrons. The fourth-order valence-corrected chi connectivity index (χ4v) is 2.37. The molecule has 0 bridgehead atoms. The number of carbonyl (C=O) groups excluding carboxylic acids is 1. The highest BCUT2D eigenvalue weighted by Gasteiger charge is 2.25. The first-order valence-corrected chi connectivity index (χ1v) is 6.93. The normalized spacial score (nSPS) is 13.6. The zero-order valence-corrected chi connectivity index (χ0v) is 12.1. The van der Waals surface area contributed by atoms with E-state index in [0.717, 1.165) is 29.3 Å². The highest BCUT2D eigenvalue weighted by atomic mass is 16.2. The summed E-state index contributed by atoms with van der Waals surface area (Å²) < 4.78 is 0. The van der Waals surface area contributed by atoms with Crippen molar-refractivity contribution in [3.8, 4) is 0 Å². The van der Waals surface area contributed by atoms with Gasteiger partial charge in [-0.25, -0.2) is 4.98 Å². The van der Waals surface area contributed by atoms with E-state index in [2.05, 4.69) is 20.6 Å². The Kier molecular flexibility index (Phi) is 3.43. The first-order valence-electron chi connectivity index (χ1n) is 6.93. The monoisotopic (exact) mass is 283 g/mol. The highest BCUT2D eigenvalue weighted by Crippen LogP contribution is 2.35. The summed E-state index contributed by atoms with van der Waals surface area (Å²) in [6.45, 7) is 4.94. The summed E-state index contributed by atoms with van der Waals surface area (Å²) in [5, 5.41) is 5.98. The molecule has 3 rings (SSSR count). The van der Waals surface area contributed by atoms with Gasteiger partial charge in [0, 0.05) is 18.3 Å². The van der Waals surface area contributed by atoms with E-state index in [1.807, 2.05) is 43.0 Å². The molecular formula is C15H17N5O. The van der Waals surface area contributed by atoms with Crippen molar-refractivity contribution in [2.45, 2.75) is 13.8 Å². The first kappa shape index (κ1) is 13.4. The number of nitrogens with one attached hydrogen (secondary N) is 2. The molecule has 1 aromatic heterocycles. The number of rotatable bonds is 3. The van der Waals surface area contributed by atoms with Gasteiger partial charge in [0.25, 0.3) is 0 Å². The quantitative estimate of drug-likeness (QED) is 0.904. The van der Waals surface area contributed by atoms with Crippen LogP contribution in [0.15, 0.2) is 30.5 Å². The van der Waals surface area contributed by atoms with Gasteiger partial charge in [-0.15, -0.1) is 0 Å². The Morgan fingerprint density at radius 2 is 2.19 bits per heavy atom. The van der Waals surface area contributed by atoms with Crippen LogP contribution < -0.4 is 15.5 Å². The molecule has 1 amide bonds. The number of aryl methyl sites for hydroxylation is 1. The fourth-order valence-electron chi connectivity index (χ4n) is 2.37. The lowest BCUT2D eigenvalue weighted by Gasteiger charge is -2.31. The minimum Gasteiger partial charge on any atom is -0.354 e. The number of amides is 1. The van der Waals surface area contributed by atoms with E-state index in [9.17, 15) is 4.79 Å². The summed E-state index contributed by atoms with van der Waals surface area (Å²) in [7, 11) is 0. The Labute approximate surface area is 123 Å². The summed E-state index contributed by atoms with van der Waals surface area (Å²) in [6, 6.07) is 7.72. The topological polar surface area (TPSA) is 70.2 Å². The number of aromatic nitrogens is 2. The fraction of sp³-hybridized carbons (Fsp3) is 0.267. The van der Waals surface area contributed by atoms with Gasteiger partial charge in [0.1, 0.15) is 12.4 Å². The van der Waals surface area contributed by atoms with Gasteiger partial charge in [0.2, 0.25) is 11.9 Å². The van der Waals surface area contributed by atoms with E-state index in [0.29, 0.717) is 5.95 Å². The minimum absolute atomic E-state index is 0.0447. The van der Waals surface area contributed by atoms with E-state index >= 15 is 0 Å². The van der Waals surface area contributed by atoms with Crippen LogP contribution in [0.25, 0.3) is 0 Å². The molecule has 1 aliphatic heterocycles. The van der Waals surface area contributed by atoms with Crippen LogP contribution in [0.5, 0.6) is 0 Å². The van der Waals surface area contributed by atoms with Crippen molar-refractivity contribution < 1.29 is 4.79 Å². The predicted molar refractivity (Wildman–Crippen MR) is 83.0 cm³/mol. The van der Waals surface area contributed by atoms with Crippen molar-refractivity contribution in [3.63, 3.8) is 0 Å². The maximum Gasteiger partial charge on any atom is 0.244 e. The molecule has 0 fully saturated rings. The van der Waals surface area contributed by atoms with Crippen molar-refractivity contribution in [1.29, 1.82) is 0 Å². The molecule has 2 heterocycles. The van der Waals surface area contributed by atoms with Gasteiger partial charge in [-0.05, 0) is 26.0 Å². The number of anilines is 4. The third-order valence-electron chi connectivity index (χ3n) is 3.31. The van der Waals surface area contributed by atoms with Gasteiger partial charge in [0.05, 0.1) is 11.4 Å². The second kappa shape index (κ2) is 5.40. The Bertz CT molecular complexity index is 686. The third-order valence-corrected chi connectivity index (χ3v) is 3.31. The van der Waals surface area contributed by atoms with E-state index < -0.39 is 0 Å². The van der Waals surface area contributed by atoms with Crippen LogP contribution in [0, 0.1) is 6.92 Å². The molecule has 0 unspecified atom stereocenters. The molecular weight excluding hydrogens is 266 g/mol. The van der Waals surface area contributed by atoms with Gasteiger partial charge in [-0.2, -0.15) is 4.98 Å². The van der Waals surface area contributed by atoms with Crippen LogP contribution in [-0.4, -0.2) is 29.0 Å². The number of hydrogen-bond donors (Lipinski definition) is 2. The summed E-state index contributed by atoms with van der Waals surface area (Å²) in [5.74, 6) is 1.28. The van der Waals surface area contributed by atoms with Crippen LogP contribution >= 0.6 is 0 Å². The lowest BCUT2D eigenvalue weighted by Crippen LogP contribution is -2.36. The average molecular weight is 283 g/mol. The zero-order chi connectivity index (χ0) is 14.8. The van der Waals surface area contributed by atoms with Gasteiger partial charge in [-0.1, -0.05) is 12.1 Å². The van der Waals surface area contributed by atoms with E-state index in [1.165, 1.54) is 0 Å². The van der Waals surface area contributed by atoms with Crippen LogP contribution in [0.4, 0.5) is 23.1 Å². The average Bonchev–Trinajstić information content (AvgIpc) is 2.48. The van der Waals surface area contributed by atoms with Crippen molar-refractivity contribution in [2.24, 2.45) is 0 Å². The number of benzene rings is 1. The molecule has 6 nitrogen and oxygen atoms in total. The third kappa shape index (κ3) is 2.52. The Morgan fingerprint density at radius 3 is 3.00 bits per heavy atom. The number of fused-ring (bicyclic) bond motifs is 1. The summed E-state index contributed by atoms with van der Waals surface area (Å²) in [6.07, 6.45) is 1.77. The number of carbonyl (C=O) groups is 1. The molecule has 6 heteroatoms. The van der Waals surface area contributed by atoms with Gasteiger partial charge in [0.15, 0.2) is 0 Å². The van der Waals surface area contributed by atoms with Gasteiger partial charge in [-0.3, -0.25) is 4.79 Å². The number of nitrogens with zero attached hydrogens (tertiary/aromatic N) is 3. The summed E-state index contributed by atoms with van der Waals surface area (Å²) in [5.41, 5.74) is 2.68. The first-order chi connectivity index (χ1) is 10.2. The zero-order valence-electron chi connectivity index (χ0n) is 12.1. The summed E-state index contributed by atoms with van der Waals surface area (Å²) >= 11 is 0. The van der Waals surface area contributed by atoms with E-state index in [-0.39, 0.29) is 12.5 Å². The molecule has 1 aliphatic rings. The lowest BCUT2D eigenvalue weighted by atomic mass is 10.1. The SMILES string of the molecule is CCNc1ncc(C)c(N2CC(=O)Nc3ccccc32)n1. The molecule has 21 heavy (non-hydrogen) atoms. The molecule has 0 saturated heterocycles. The van der Waals surface area contributed by atoms with Crippen molar-refractivity contribution in [3.05, 3.63) is 36.0 Å². The molecule has 0 saturated carbocycles. The second-order valence-corrected chi connectivity index (χ2v) is 4.88. The lowest BCUT2D eigenvalue weighted by molar-refractivity contribution is -0.115. The molecule has 0 radical (unpaired) electrons. The molecule has 1 aromatic carbocycles. The van der Waals surface area contributed by atoms with Gasteiger partial charge >= 0.3 is 0 Å². The van der Waals surface area contributed by atoms with Crippen LogP contribution in [0.2, 0.25) is 0 Å².